The zero-order chi connectivity index (χ0) is 14.0. The van der Waals surface area contributed by atoms with Gasteiger partial charge in [-0.05, 0) is 56.0 Å². The van der Waals surface area contributed by atoms with E-state index in [2.05, 4.69) is 32.0 Å². The van der Waals surface area contributed by atoms with Crippen LogP contribution in [0.1, 0.15) is 29.2 Å². The van der Waals surface area contributed by atoms with E-state index in [-0.39, 0.29) is 5.82 Å². The Balaban J connectivity index is 2.33. The average molecular weight is 257 g/mol. The lowest BCUT2D eigenvalue weighted by Gasteiger charge is -2.26. The van der Waals surface area contributed by atoms with Gasteiger partial charge in [0.1, 0.15) is 5.82 Å². The van der Waals surface area contributed by atoms with E-state index in [0.717, 1.165) is 5.56 Å². The molecule has 0 aliphatic carbocycles. The average Bonchev–Trinajstić information content (AvgIpc) is 2.33. The summed E-state index contributed by atoms with van der Waals surface area (Å²) >= 11 is 0. The Bertz CT molecular complexity index is 588. The zero-order valence-electron chi connectivity index (χ0n) is 11.7. The molecule has 0 aromatic heterocycles. The third-order valence-corrected chi connectivity index (χ3v) is 3.55. The molecular formula is C17H20FN. The van der Waals surface area contributed by atoms with Crippen molar-refractivity contribution in [2.45, 2.75) is 32.7 Å². The van der Waals surface area contributed by atoms with E-state index in [0.29, 0.717) is 6.42 Å². The molecule has 0 aliphatic heterocycles. The standard InChI is InChI=1S/C17H20FN/c1-12-7-8-13(2)14(9-12)11-17(3,19)15-5-4-6-16(18)10-15/h4-10H,11,19H2,1-3H3. The molecule has 2 aromatic carbocycles. The first-order valence-corrected chi connectivity index (χ1v) is 6.49. The molecule has 0 bridgehead atoms. The number of hydrogen-bond acceptors (Lipinski definition) is 1. The SMILES string of the molecule is Cc1ccc(C)c(CC(C)(N)c2cccc(F)c2)c1. The summed E-state index contributed by atoms with van der Waals surface area (Å²) in [5, 5.41) is 0. The summed E-state index contributed by atoms with van der Waals surface area (Å²) < 4.78 is 13.3. The molecule has 2 heteroatoms. The highest BCUT2D eigenvalue weighted by atomic mass is 19.1. The Morgan fingerprint density at radius 3 is 2.53 bits per heavy atom. The van der Waals surface area contributed by atoms with E-state index in [4.69, 9.17) is 5.73 Å². The molecule has 2 N–H and O–H groups in total. The van der Waals surface area contributed by atoms with Gasteiger partial charge in [0.15, 0.2) is 0 Å². The molecule has 0 saturated heterocycles. The molecular weight excluding hydrogens is 237 g/mol. The Morgan fingerprint density at radius 1 is 1.11 bits per heavy atom. The number of halogens is 1. The van der Waals surface area contributed by atoms with Crippen molar-refractivity contribution >= 4 is 0 Å². The maximum atomic E-state index is 13.3. The Labute approximate surface area is 114 Å². The minimum absolute atomic E-state index is 0.241. The number of hydrogen-bond donors (Lipinski definition) is 1. The van der Waals surface area contributed by atoms with Gasteiger partial charge in [-0.15, -0.1) is 0 Å². The van der Waals surface area contributed by atoms with Crippen molar-refractivity contribution in [3.8, 4) is 0 Å². The molecule has 0 heterocycles. The van der Waals surface area contributed by atoms with Crippen LogP contribution >= 0.6 is 0 Å². The van der Waals surface area contributed by atoms with Gasteiger partial charge >= 0.3 is 0 Å². The van der Waals surface area contributed by atoms with Crippen LogP contribution in [0.5, 0.6) is 0 Å². The molecule has 2 rings (SSSR count). The molecule has 0 radical (unpaired) electrons. The van der Waals surface area contributed by atoms with Crippen LogP contribution in [0.3, 0.4) is 0 Å². The van der Waals surface area contributed by atoms with Crippen molar-refractivity contribution in [2.24, 2.45) is 5.73 Å². The molecule has 100 valence electrons. The van der Waals surface area contributed by atoms with E-state index in [1.165, 1.54) is 28.8 Å². The van der Waals surface area contributed by atoms with Gasteiger partial charge in [-0.1, -0.05) is 35.9 Å². The highest BCUT2D eigenvalue weighted by Gasteiger charge is 2.22. The van der Waals surface area contributed by atoms with E-state index in [1.807, 2.05) is 13.0 Å². The topological polar surface area (TPSA) is 26.0 Å². The first-order chi connectivity index (χ1) is 8.88. The van der Waals surface area contributed by atoms with E-state index in [9.17, 15) is 4.39 Å². The summed E-state index contributed by atoms with van der Waals surface area (Å²) in [6, 6.07) is 12.9. The van der Waals surface area contributed by atoms with Crippen LogP contribution in [-0.4, -0.2) is 0 Å². The van der Waals surface area contributed by atoms with Gasteiger partial charge in [0.05, 0.1) is 0 Å². The summed E-state index contributed by atoms with van der Waals surface area (Å²) in [5.41, 5.74) is 10.3. The molecule has 0 spiro atoms. The highest BCUT2D eigenvalue weighted by Crippen LogP contribution is 2.25. The van der Waals surface area contributed by atoms with Crippen LogP contribution < -0.4 is 5.73 Å². The summed E-state index contributed by atoms with van der Waals surface area (Å²) in [6.45, 7) is 6.10. The van der Waals surface area contributed by atoms with Gasteiger partial charge < -0.3 is 5.73 Å². The van der Waals surface area contributed by atoms with Gasteiger partial charge in [0.2, 0.25) is 0 Å². The van der Waals surface area contributed by atoms with Crippen LogP contribution in [0.15, 0.2) is 42.5 Å². The Hall–Kier alpha value is -1.67. The molecule has 0 amide bonds. The predicted octanol–water partition coefficient (Wildman–Crippen LogP) is 3.86. The third-order valence-electron chi connectivity index (χ3n) is 3.55. The fourth-order valence-corrected chi connectivity index (χ4v) is 2.33. The summed E-state index contributed by atoms with van der Waals surface area (Å²) in [5.74, 6) is -0.241. The molecule has 0 saturated carbocycles. The quantitative estimate of drug-likeness (QED) is 0.887. The number of benzene rings is 2. The minimum Gasteiger partial charge on any atom is -0.321 e. The molecule has 0 fully saturated rings. The van der Waals surface area contributed by atoms with Crippen molar-refractivity contribution in [1.82, 2.24) is 0 Å². The van der Waals surface area contributed by atoms with Crippen LogP contribution in [0.4, 0.5) is 4.39 Å². The highest BCUT2D eigenvalue weighted by molar-refractivity contribution is 5.34. The van der Waals surface area contributed by atoms with Crippen LogP contribution in [0, 0.1) is 19.7 Å². The summed E-state index contributed by atoms with van der Waals surface area (Å²) in [7, 11) is 0. The van der Waals surface area contributed by atoms with E-state index < -0.39 is 5.54 Å². The predicted molar refractivity (Wildman–Crippen MR) is 77.6 cm³/mol. The lowest BCUT2D eigenvalue weighted by atomic mass is 9.85. The Kier molecular flexibility index (Phi) is 3.72. The second kappa shape index (κ2) is 5.14. The molecule has 19 heavy (non-hydrogen) atoms. The van der Waals surface area contributed by atoms with E-state index >= 15 is 0 Å². The normalized spacial score (nSPS) is 14.2. The van der Waals surface area contributed by atoms with Crippen LogP contribution in [0.2, 0.25) is 0 Å². The van der Waals surface area contributed by atoms with Gasteiger partial charge in [0, 0.05) is 5.54 Å². The molecule has 1 unspecified atom stereocenters. The van der Waals surface area contributed by atoms with Gasteiger partial charge in [0.25, 0.3) is 0 Å². The molecule has 1 atom stereocenters. The van der Waals surface area contributed by atoms with Crippen molar-refractivity contribution in [1.29, 1.82) is 0 Å². The van der Waals surface area contributed by atoms with Crippen LogP contribution in [-0.2, 0) is 12.0 Å². The first-order valence-electron chi connectivity index (χ1n) is 6.49. The Morgan fingerprint density at radius 2 is 1.84 bits per heavy atom. The smallest absolute Gasteiger partial charge is 0.123 e. The van der Waals surface area contributed by atoms with Crippen molar-refractivity contribution in [3.63, 3.8) is 0 Å². The molecule has 1 nitrogen and oxygen atoms in total. The molecule has 0 aliphatic rings. The van der Waals surface area contributed by atoms with Gasteiger partial charge in [-0.3, -0.25) is 0 Å². The third kappa shape index (κ3) is 3.21. The zero-order valence-corrected chi connectivity index (χ0v) is 11.7. The maximum absolute atomic E-state index is 13.3. The van der Waals surface area contributed by atoms with Crippen molar-refractivity contribution in [3.05, 3.63) is 70.5 Å². The maximum Gasteiger partial charge on any atom is 0.123 e. The number of nitrogens with two attached hydrogens (primary N) is 1. The van der Waals surface area contributed by atoms with Crippen LogP contribution in [0.25, 0.3) is 0 Å². The second-order valence-corrected chi connectivity index (χ2v) is 5.53. The second-order valence-electron chi connectivity index (χ2n) is 5.53. The minimum atomic E-state index is -0.569. The van der Waals surface area contributed by atoms with Gasteiger partial charge in [-0.25, -0.2) is 4.39 Å². The fourth-order valence-electron chi connectivity index (χ4n) is 2.33. The van der Waals surface area contributed by atoms with E-state index in [1.54, 1.807) is 6.07 Å². The largest absolute Gasteiger partial charge is 0.321 e. The number of aryl methyl sites for hydroxylation is 2. The lowest BCUT2D eigenvalue weighted by molar-refractivity contribution is 0.485. The molecule has 2 aromatic rings. The van der Waals surface area contributed by atoms with Crippen molar-refractivity contribution < 1.29 is 4.39 Å². The van der Waals surface area contributed by atoms with Gasteiger partial charge in [-0.2, -0.15) is 0 Å². The van der Waals surface area contributed by atoms with Crippen molar-refractivity contribution in [2.75, 3.05) is 0 Å². The fraction of sp³-hybridized carbons (Fsp3) is 0.294. The lowest BCUT2D eigenvalue weighted by Crippen LogP contribution is -2.35. The number of rotatable bonds is 3. The summed E-state index contributed by atoms with van der Waals surface area (Å²) in [6.07, 6.45) is 0.698. The monoisotopic (exact) mass is 257 g/mol. The first kappa shape index (κ1) is 13.8. The summed E-state index contributed by atoms with van der Waals surface area (Å²) in [4.78, 5) is 0.